The molecule has 0 saturated carbocycles. The van der Waals surface area contributed by atoms with Gasteiger partial charge in [0.25, 0.3) is 0 Å². The fourth-order valence-corrected chi connectivity index (χ4v) is 1.63. The van der Waals surface area contributed by atoms with Gasteiger partial charge in [-0.15, -0.1) is 0 Å². The van der Waals surface area contributed by atoms with Crippen LogP contribution in [0.3, 0.4) is 0 Å². The number of phenolic OH excluding ortho intramolecular Hbond substituents is 1. The van der Waals surface area contributed by atoms with Crippen molar-refractivity contribution >= 4 is 6.09 Å². The van der Waals surface area contributed by atoms with Gasteiger partial charge < -0.3 is 20.6 Å². The average molecular weight is 239 g/mol. The van der Waals surface area contributed by atoms with Crippen LogP contribution in [0, 0.1) is 5.92 Å². The molecule has 1 amide bonds. The van der Waals surface area contributed by atoms with Gasteiger partial charge in [-0.1, -0.05) is 26.0 Å². The fraction of sp³-hybridized carbons (Fsp3) is 0.417. The molecule has 5 heteroatoms. The van der Waals surface area contributed by atoms with Crippen molar-refractivity contribution in [2.45, 2.75) is 26.0 Å². The van der Waals surface area contributed by atoms with E-state index < -0.39 is 18.2 Å². The Hall–Kier alpha value is -1.75. The van der Waals surface area contributed by atoms with E-state index in [2.05, 4.69) is 5.32 Å². The van der Waals surface area contributed by atoms with Crippen molar-refractivity contribution in [3.05, 3.63) is 29.8 Å². The summed E-state index contributed by atoms with van der Waals surface area (Å²) in [7, 11) is 0. The maximum absolute atomic E-state index is 10.6. The standard InChI is InChI=1S/C12H17NO4/c1-7(2)10(13-12(16)17)11(15)8-3-5-9(14)6-4-8/h3-7,10-11,13-15H,1-2H3,(H,16,17)/t10-,11+/m0/s1. The first-order valence-corrected chi connectivity index (χ1v) is 5.38. The number of phenols is 1. The number of aliphatic hydroxyl groups excluding tert-OH is 1. The molecule has 0 aliphatic heterocycles. The van der Waals surface area contributed by atoms with Crippen LogP contribution in [0.25, 0.3) is 0 Å². The van der Waals surface area contributed by atoms with Crippen LogP contribution in [-0.4, -0.2) is 27.5 Å². The van der Waals surface area contributed by atoms with E-state index in [0.717, 1.165) is 0 Å². The molecule has 0 spiro atoms. The van der Waals surface area contributed by atoms with Crippen molar-refractivity contribution in [3.63, 3.8) is 0 Å². The first-order chi connectivity index (χ1) is 7.91. The molecular weight excluding hydrogens is 222 g/mol. The van der Waals surface area contributed by atoms with Crippen LogP contribution >= 0.6 is 0 Å². The van der Waals surface area contributed by atoms with E-state index >= 15 is 0 Å². The maximum atomic E-state index is 10.6. The van der Waals surface area contributed by atoms with Gasteiger partial charge in [0.2, 0.25) is 0 Å². The lowest BCUT2D eigenvalue weighted by molar-refractivity contribution is 0.1000. The number of aromatic hydroxyl groups is 1. The van der Waals surface area contributed by atoms with Gasteiger partial charge in [-0.3, -0.25) is 0 Å². The Bertz CT molecular complexity index is 375. The topological polar surface area (TPSA) is 89.8 Å². The smallest absolute Gasteiger partial charge is 0.404 e. The number of hydrogen-bond donors (Lipinski definition) is 4. The van der Waals surface area contributed by atoms with Crippen molar-refractivity contribution < 1.29 is 20.1 Å². The van der Waals surface area contributed by atoms with Crippen LogP contribution in [0.4, 0.5) is 4.79 Å². The SMILES string of the molecule is CC(C)[C@H](NC(=O)O)[C@H](O)c1ccc(O)cc1. The minimum absolute atomic E-state index is 0.0464. The summed E-state index contributed by atoms with van der Waals surface area (Å²) in [6, 6.07) is 5.46. The third-order valence-electron chi connectivity index (χ3n) is 2.58. The van der Waals surface area contributed by atoms with Crippen molar-refractivity contribution in [2.75, 3.05) is 0 Å². The minimum Gasteiger partial charge on any atom is -0.508 e. The van der Waals surface area contributed by atoms with Crippen LogP contribution in [0.2, 0.25) is 0 Å². The zero-order valence-electron chi connectivity index (χ0n) is 9.79. The van der Waals surface area contributed by atoms with E-state index in [1.54, 1.807) is 12.1 Å². The normalized spacial score (nSPS) is 14.4. The van der Waals surface area contributed by atoms with Crippen LogP contribution < -0.4 is 5.32 Å². The summed E-state index contributed by atoms with van der Waals surface area (Å²) in [5, 5.41) is 30.2. The Morgan fingerprint density at radius 2 is 1.76 bits per heavy atom. The third-order valence-corrected chi connectivity index (χ3v) is 2.58. The van der Waals surface area contributed by atoms with Crippen molar-refractivity contribution in [1.29, 1.82) is 0 Å². The molecule has 0 heterocycles. The van der Waals surface area contributed by atoms with Gasteiger partial charge in [0.1, 0.15) is 5.75 Å². The summed E-state index contributed by atoms with van der Waals surface area (Å²) in [5.74, 6) is 0.0585. The average Bonchev–Trinajstić information content (AvgIpc) is 2.25. The van der Waals surface area contributed by atoms with Gasteiger partial charge >= 0.3 is 6.09 Å². The molecule has 0 aliphatic carbocycles. The van der Waals surface area contributed by atoms with Crippen LogP contribution in [0.1, 0.15) is 25.5 Å². The van der Waals surface area contributed by atoms with Gasteiger partial charge in [0.05, 0.1) is 12.1 Å². The quantitative estimate of drug-likeness (QED) is 0.644. The predicted molar refractivity (Wildman–Crippen MR) is 62.9 cm³/mol. The lowest BCUT2D eigenvalue weighted by atomic mass is 9.93. The van der Waals surface area contributed by atoms with Gasteiger partial charge in [-0.25, -0.2) is 4.79 Å². The van der Waals surface area contributed by atoms with E-state index in [9.17, 15) is 9.90 Å². The second-order valence-corrected chi connectivity index (χ2v) is 4.26. The van der Waals surface area contributed by atoms with E-state index in [1.165, 1.54) is 12.1 Å². The second kappa shape index (κ2) is 5.54. The summed E-state index contributed by atoms with van der Waals surface area (Å²) in [4.78, 5) is 10.6. The number of carboxylic acid groups (broad SMARTS) is 1. The molecule has 0 aromatic heterocycles. The van der Waals surface area contributed by atoms with Crippen molar-refractivity contribution in [1.82, 2.24) is 5.32 Å². The lowest BCUT2D eigenvalue weighted by Crippen LogP contribution is -2.42. The Balaban J connectivity index is 2.87. The van der Waals surface area contributed by atoms with Crippen LogP contribution in [0.15, 0.2) is 24.3 Å². The minimum atomic E-state index is -1.17. The van der Waals surface area contributed by atoms with E-state index in [0.29, 0.717) is 5.56 Å². The largest absolute Gasteiger partial charge is 0.508 e. The Kier molecular flexibility index (Phi) is 4.34. The number of hydrogen-bond acceptors (Lipinski definition) is 3. The highest BCUT2D eigenvalue weighted by Gasteiger charge is 2.25. The number of nitrogens with one attached hydrogen (secondary N) is 1. The Labute approximate surface area is 99.7 Å². The highest BCUT2D eigenvalue weighted by Crippen LogP contribution is 2.23. The monoisotopic (exact) mass is 239 g/mol. The summed E-state index contributed by atoms with van der Waals surface area (Å²) >= 11 is 0. The molecule has 1 rings (SSSR count). The third kappa shape index (κ3) is 3.64. The molecule has 1 aromatic rings. The molecule has 0 unspecified atom stereocenters. The molecule has 0 fully saturated rings. The molecule has 17 heavy (non-hydrogen) atoms. The first kappa shape index (κ1) is 13.3. The number of carbonyl (C=O) groups is 1. The van der Waals surface area contributed by atoms with E-state index in [-0.39, 0.29) is 11.7 Å². The highest BCUT2D eigenvalue weighted by atomic mass is 16.4. The van der Waals surface area contributed by atoms with Gasteiger partial charge in [0, 0.05) is 0 Å². The molecule has 94 valence electrons. The molecule has 5 nitrogen and oxygen atoms in total. The van der Waals surface area contributed by atoms with E-state index in [1.807, 2.05) is 13.8 Å². The molecule has 0 saturated heterocycles. The summed E-state index contributed by atoms with van der Waals surface area (Å²) < 4.78 is 0. The molecule has 0 radical (unpaired) electrons. The molecule has 1 aromatic carbocycles. The van der Waals surface area contributed by atoms with Crippen molar-refractivity contribution in [2.24, 2.45) is 5.92 Å². The van der Waals surface area contributed by atoms with Gasteiger partial charge in [-0.2, -0.15) is 0 Å². The molecule has 2 atom stereocenters. The zero-order chi connectivity index (χ0) is 13.0. The van der Waals surface area contributed by atoms with Crippen molar-refractivity contribution in [3.8, 4) is 5.75 Å². The van der Waals surface area contributed by atoms with Gasteiger partial charge in [0.15, 0.2) is 0 Å². The second-order valence-electron chi connectivity index (χ2n) is 4.26. The summed E-state index contributed by atoms with van der Waals surface area (Å²) in [5.41, 5.74) is 0.565. The number of rotatable bonds is 4. The van der Waals surface area contributed by atoms with Crippen LogP contribution in [0.5, 0.6) is 5.75 Å². The number of amides is 1. The molecule has 4 N–H and O–H groups in total. The van der Waals surface area contributed by atoms with E-state index in [4.69, 9.17) is 10.2 Å². The number of aliphatic hydroxyl groups is 1. The highest BCUT2D eigenvalue weighted by molar-refractivity contribution is 5.65. The number of benzene rings is 1. The maximum Gasteiger partial charge on any atom is 0.404 e. The summed E-state index contributed by atoms with van der Waals surface area (Å²) in [6.07, 6.45) is -2.10. The predicted octanol–water partition coefficient (Wildman–Crippen LogP) is 1.72. The summed E-state index contributed by atoms with van der Waals surface area (Å²) in [6.45, 7) is 3.65. The molecular formula is C12H17NO4. The zero-order valence-corrected chi connectivity index (χ0v) is 9.79. The lowest BCUT2D eigenvalue weighted by Gasteiger charge is -2.26. The first-order valence-electron chi connectivity index (χ1n) is 5.38. The molecule has 0 bridgehead atoms. The fourth-order valence-electron chi connectivity index (χ4n) is 1.63. The molecule has 0 aliphatic rings. The van der Waals surface area contributed by atoms with Gasteiger partial charge in [-0.05, 0) is 23.6 Å². The Morgan fingerprint density at radius 1 is 1.24 bits per heavy atom. The Morgan fingerprint density at radius 3 is 2.18 bits per heavy atom. The van der Waals surface area contributed by atoms with Crippen LogP contribution in [-0.2, 0) is 0 Å².